The van der Waals surface area contributed by atoms with Gasteiger partial charge in [0.2, 0.25) is 0 Å². The largest absolute Gasteiger partial charge is 0.361 e. The lowest BCUT2D eigenvalue weighted by Crippen LogP contribution is -2.48. The molecule has 0 N–H and O–H groups in total. The van der Waals surface area contributed by atoms with Crippen LogP contribution in [-0.2, 0) is 0 Å². The summed E-state index contributed by atoms with van der Waals surface area (Å²) in [5, 5.41) is 0. The first kappa shape index (κ1) is 7.88. The molecule has 1 fully saturated rings. The molecule has 0 atom stereocenters. The Morgan fingerprint density at radius 3 is 1.60 bits per heavy atom. The molecule has 10 heavy (non-hydrogen) atoms. The minimum absolute atomic E-state index is 0.796. The van der Waals surface area contributed by atoms with Crippen molar-refractivity contribution in [1.82, 2.24) is 9.80 Å². The summed E-state index contributed by atoms with van der Waals surface area (Å²) in [6.45, 7) is 1.59. The predicted octanol–water partition coefficient (Wildman–Crippen LogP) is 0.518. The summed E-state index contributed by atoms with van der Waals surface area (Å²) in [4.78, 5) is 5.96. The maximum atomic E-state index is 5.08. The highest BCUT2D eigenvalue weighted by Crippen LogP contribution is 2.02. The molecule has 1 heterocycles. The second-order valence-corrected chi connectivity index (χ2v) is 3.44. The van der Waals surface area contributed by atoms with E-state index in [0.29, 0.717) is 0 Å². The van der Waals surface area contributed by atoms with Crippen LogP contribution >= 0.6 is 24.4 Å². The van der Waals surface area contributed by atoms with Crippen LogP contribution in [0, 0.1) is 0 Å². The lowest BCUT2D eigenvalue weighted by molar-refractivity contribution is 0.459. The molecule has 2 nitrogen and oxygen atoms in total. The summed E-state index contributed by atoms with van der Waals surface area (Å²) >= 11 is 10.2. The van der Waals surface area contributed by atoms with E-state index >= 15 is 0 Å². The van der Waals surface area contributed by atoms with E-state index in [1.54, 1.807) is 0 Å². The van der Waals surface area contributed by atoms with Crippen molar-refractivity contribution in [3.05, 3.63) is 0 Å². The number of piperazine rings is 1. The van der Waals surface area contributed by atoms with Crippen LogP contribution in [0.15, 0.2) is 0 Å². The van der Waals surface area contributed by atoms with E-state index in [9.17, 15) is 0 Å². The van der Waals surface area contributed by atoms with Crippen molar-refractivity contribution in [3.63, 3.8) is 0 Å². The Labute approximate surface area is 71.8 Å². The van der Waals surface area contributed by atoms with Gasteiger partial charge in [0.15, 0.2) is 0 Å². The van der Waals surface area contributed by atoms with Gasteiger partial charge in [0, 0.05) is 14.1 Å². The summed E-state index contributed by atoms with van der Waals surface area (Å²) in [6, 6.07) is 0. The van der Waals surface area contributed by atoms with Crippen LogP contribution in [0.3, 0.4) is 0 Å². The Hall–Kier alpha value is -0.220. The molecule has 4 heteroatoms. The first-order valence-electron chi connectivity index (χ1n) is 3.09. The second kappa shape index (κ2) is 2.80. The van der Waals surface area contributed by atoms with Crippen molar-refractivity contribution in [2.24, 2.45) is 0 Å². The molecular weight excluding hydrogens is 164 g/mol. The van der Waals surface area contributed by atoms with Crippen LogP contribution < -0.4 is 0 Å². The van der Waals surface area contributed by atoms with E-state index in [1.165, 1.54) is 0 Å². The molecular formula is C6H10N2S2. The second-order valence-electron chi connectivity index (χ2n) is 2.50. The molecule has 0 bridgehead atoms. The van der Waals surface area contributed by atoms with E-state index in [-0.39, 0.29) is 0 Å². The summed E-state index contributed by atoms with van der Waals surface area (Å²) in [7, 11) is 3.95. The smallest absolute Gasteiger partial charge is 0.0977 e. The van der Waals surface area contributed by atoms with Gasteiger partial charge in [-0.3, -0.25) is 0 Å². The Kier molecular flexibility index (Phi) is 2.21. The third kappa shape index (κ3) is 1.44. The van der Waals surface area contributed by atoms with Gasteiger partial charge in [0.1, 0.15) is 0 Å². The van der Waals surface area contributed by atoms with E-state index in [2.05, 4.69) is 0 Å². The minimum atomic E-state index is 0.796. The fraction of sp³-hybridized carbons (Fsp3) is 0.667. The molecule has 1 rings (SSSR count). The Bertz CT molecular complexity index is 159. The van der Waals surface area contributed by atoms with Gasteiger partial charge in [-0.15, -0.1) is 0 Å². The SMILES string of the molecule is CN1CC(=S)N(C)CC1=S. The van der Waals surface area contributed by atoms with Crippen LogP contribution in [0.2, 0.25) is 0 Å². The lowest BCUT2D eigenvalue weighted by Gasteiger charge is -2.33. The number of likely N-dealkylation sites (N-methyl/N-ethyl adjacent to an activating group) is 2. The number of thiocarbonyl (C=S) groups is 2. The van der Waals surface area contributed by atoms with E-state index in [1.807, 2.05) is 23.9 Å². The summed E-state index contributed by atoms with van der Waals surface area (Å²) < 4.78 is 0. The van der Waals surface area contributed by atoms with Crippen LogP contribution in [0.1, 0.15) is 0 Å². The van der Waals surface area contributed by atoms with Crippen molar-refractivity contribution in [1.29, 1.82) is 0 Å². The quantitative estimate of drug-likeness (QED) is 0.494. The van der Waals surface area contributed by atoms with Gasteiger partial charge in [-0.25, -0.2) is 0 Å². The molecule has 56 valence electrons. The lowest BCUT2D eigenvalue weighted by atomic mass is 10.3. The van der Waals surface area contributed by atoms with E-state index in [0.717, 1.165) is 23.1 Å². The van der Waals surface area contributed by atoms with Crippen molar-refractivity contribution in [2.45, 2.75) is 0 Å². The number of nitrogens with zero attached hydrogens (tertiary/aromatic N) is 2. The average molecular weight is 174 g/mol. The highest BCUT2D eigenvalue weighted by molar-refractivity contribution is 7.81. The third-order valence-electron chi connectivity index (χ3n) is 1.60. The minimum Gasteiger partial charge on any atom is -0.361 e. The fourth-order valence-corrected chi connectivity index (χ4v) is 1.34. The molecule has 0 radical (unpaired) electrons. The molecule has 0 aliphatic carbocycles. The van der Waals surface area contributed by atoms with Gasteiger partial charge in [-0.2, -0.15) is 0 Å². The van der Waals surface area contributed by atoms with Crippen LogP contribution in [0.4, 0.5) is 0 Å². The first-order valence-corrected chi connectivity index (χ1v) is 3.91. The zero-order valence-corrected chi connectivity index (χ0v) is 7.76. The highest BCUT2D eigenvalue weighted by atomic mass is 32.1. The monoisotopic (exact) mass is 174 g/mol. The number of hydrogen-bond acceptors (Lipinski definition) is 2. The molecule has 0 aromatic rings. The molecule has 1 saturated heterocycles. The maximum absolute atomic E-state index is 5.08. The zero-order valence-electron chi connectivity index (χ0n) is 6.13. The average Bonchev–Trinajstić information content (AvgIpc) is 1.84. The molecule has 1 aliphatic rings. The van der Waals surface area contributed by atoms with Crippen molar-refractivity contribution >= 4 is 34.4 Å². The van der Waals surface area contributed by atoms with E-state index in [4.69, 9.17) is 24.4 Å². The summed E-state index contributed by atoms with van der Waals surface area (Å²) in [6.07, 6.45) is 0. The first-order chi connectivity index (χ1) is 4.61. The Balaban J connectivity index is 2.63. The van der Waals surface area contributed by atoms with E-state index < -0.39 is 0 Å². The van der Waals surface area contributed by atoms with Gasteiger partial charge in [0.05, 0.1) is 23.1 Å². The molecule has 0 aromatic carbocycles. The molecule has 0 saturated carbocycles. The van der Waals surface area contributed by atoms with Crippen LogP contribution in [0.5, 0.6) is 0 Å². The molecule has 0 aromatic heterocycles. The topological polar surface area (TPSA) is 6.48 Å². The van der Waals surface area contributed by atoms with Crippen molar-refractivity contribution < 1.29 is 0 Å². The third-order valence-corrected chi connectivity index (χ3v) is 2.48. The number of hydrogen-bond donors (Lipinski definition) is 0. The summed E-state index contributed by atoms with van der Waals surface area (Å²) in [5.41, 5.74) is 0. The molecule has 0 spiro atoms. The van der Waals surface area contributed by atoms with Crippen molar-refractivity contribution in [2.75, 3.05) is 27.2 Å². The maximum Gasteiger partial charge on any atom is 0.0977 e. The van der Waals surface area contributed by atoms with Gasteiger partial charge in [-0.05, 0) is 0 Å². The summed E-state index contributed by atoms with van der Waals surface area (Å²) in [5.74, 6) is 0. The van der Waals surface area contributed by atoms with Crippen LogP contribution in [0.25, 0.3) is 0 Å². The van der Waals surface area contributed by atoms with Gasteiger partial charge >= 0.3 is 0 Å². The zero-order chi connectivity index (χ0) is 7.72. The van der Waals surface area contributed by atoms with Crippen molar-refractivity contribution in [3.8, 4) is 0 Å². The van der Waals surface area contributed by atoms with Gasteiger partial charge < -0.3 is 9.80 Å². The Morgan fingerprint density at radius 1 is 1.00 bits per heavy atom. The molecule has 0 unspecified atom stereocenters. The van der Waals surface area contributed by atoms with Crippen LogP contribution in [-0.4, -0.2) is 47.0 Å². The Morgan fingerprint density at radius 2 is 1.30 bits per heavy atom. The normalized spacial score (nSPS) is 20.2. The molecule has 1 aliphatic heterocycles. The standard InChI is InChI=1S/C6H10N2S2/c1-7-3-6(10)8(2)4-5(7)9/h3-4H2,1-2H3. The number of rotatable bonds is 0. The van der Waals surface area contributed by atoms with Gasteiger partial charge in [0.25, 0.3) is 0 Å². The highest BCUT2D eigenvalue weighted by Gasteiger charge is 2.17. The van der Waals surface area contributed by atoms with Gasteiger partial charge in [-0.1, -0.05) is 24.4 Å². The molecule has 0 amide bonds. The predicted molar refractivity (Wildman–Crippen MR) is 50.5 cm³/mol. The fourth-order valence-electron chi connectivity index (χ4n) is 0.824.